The Bertz CT molecular complexity index is 787. The molecular formula is C21H26N2OS3. The molecule has 27 heavy (non-hydrogen) atoms. The van der Waals surface area contributed by atoms with Crippen molar-refractivity contribution in [1.82, 2.24) is 4.90 Å². The van der Waals surface area contributed by atoms with Gasteiger partial charge >= 0.3 is 0 Å². The summed E-state index contributed by atoms with van der Waals surface area (Å²) in [5.41, 5.74) is 3.33. The van der Waals surface area contributed by atoms with E-state index in [2.05, 4.69) is 56.1 Å². The molecule has 3 nitrogen and oxygen atoms in total. The molecule has 0 spiro atoms. The van der Waals surface area contributed by atoms with E-state index in [0.29, 0.717) is 5.75 Å². The number of hydrogen-bond acceptors (Lipinski definition) is 4. The van der Waals surface area contributed by atoms with Crippen LogP contribution in [0, 0.1) is 13.8 Å². The number of nitrogens with one attached hydrogen (secondary N) is 1. The van der Waals surface area contributed by atoms with Crippen LogP contribution < -0.4 is 5.32 Å². The molecule has 1 amide bonds. The smallest absolute Gasteiger partial charge is 0.234 e. The monoisotopic (exact) mass is 418 g/mol. The number of hydrogen-bond donors (Lipinski definition) is 1. The van der Waals surface area contributed by atoms with Crippen molar-refractivity contribution < 1.29 is 4.79 Å². The van der Waals surface area contributed by atoms with Gasteiger partial charge in [0.1, 0.15) is 4.32 Å². The van der Waals surface area contributed by atoms with Gasteiger partial charge in [0.05, 0.1) is 5.75 Å². The van der Waals surface area contributed by atoms with Gasteiger partial charge in [-0.05, 0) is 69.2 Å². The van der Waals surface area contributed by atoms with Gasteiger partial charge in [0, 0.05) is 28.6 Å². The topological polar surface area (TPSA) is 32.3 Å². The summed E-state index contributed by atoms with van der Waals surface area (Å²) in [6.07, 6.45) is 0. The molecule has 0 radical (unpaired) electrons. The molecule has 144 valence electrons. The Morgan fingerprint density at radius 2 is 1.74 bits per heavy atom. The number of benzene rings is 2. The fourth-order valence-corrected chi connectivity index (χ4v) is 4.65. The molecule has 2 rings (SSSR count). The van der Waals surface area contributed by atoms with Crippen LogP contribution in [-0.2, 0) is 4.79 Å². The first kappa shape index (κ1) is 21.8. The predicted octanol–water partition coefficient (Wildman–Crippen LogP) is 5.75. The molecule has 2 aromatic rings. The summed E-state index contributed by atoms with van der Waals surface area (Å²) >= 11 is 8.51. The maximum Gasteiger partial charge on any atom is 0.234 e. The summed E-state index contributed by atoms with van der Waals surface area (Å²) in [6.45, 7) is 10.1. The Morgan fingerprint density at radius 1 is 1.07 bits per heavy atom. The Morgan fingerprint density at radius 3 is 2.37 bits per heavy atom. The second kappa shape index (κ2) is 10.7. The number of nitrogens with zero attached hydrogens (tertiary/aromatic N) is 1. The average Bonchev–Trinajstić information content (AvgIpc) is 2.65. The summed E-state index contributed by atoms with van der Waals surface area (Å²) < 4.78 is 0.774. The average molecular weight is 419 g/mol. The SMILES string of the molecule is CCN(CC)C(=S)SCC(=O)Nc1ccc(Sc2cc(C)ccc2C)cc1. The van der Waals surface area contributed by atoms with Crippen LogP contribution in [-0.4, -0.2) is 34.0 Å². The number of aryl methyl sites for hydroxylation is 2. The number of thioether (sulfide) groups is 1. The second-order valence-corrected chi connectivity index (χ2v) is 8.89. The summed E-state index contributed by atoms with van der Waals surface area (Å²) in [5, 5.41) is 2.94. The zero-order chi connectivity index (χ0) is 19.8. The van der Waals surface area contributed by atoms with Gasteiger partial charge in [-0.1, -0.05) is 47.9 Å². The van der Waals surface area contributed by atoms with Crippen molar-refractivity contribution in [2.45, 2.75) is 37.5 Å². The Labute approximate surface area is 176 Å². The number of amides is 1. The van der Waals surface area contributed by atoms with Crippen LogP contribution >= 0.6 is 35.7 Å². The number of rotatable bonds is 7. The lowest BCUT2D eigenvalue weighted by molar-refractivity contribution is -0.113. The number of thiocarbonyl (C=S) groups is 1. The molecule has 0 atom stereocenters. The van der Waals surface area contributed by atoms with E-state index in [-0.39, 0.29) is 5.91 Å². The number of anilines is 1. The van der Waals surface area contributed by atoms with Crippen LogP contribution in [0.2, 0.25) is 0 Å². The molecule has 0 fully saturated rings. The van der Waals surface area contributed by atoms with Crippen molar-refractivity contribution in [3.05, 3.63) is 53.6 Å². The standard InChI is InChI=1S/C21H26N2OS3/c1-5-23(6-2)21(25)26-14-20(24)22-17-9-11-18(12-10-17)27-19-13-15(3)7-8-16(19)4/h7-13H,5-6,14H2,1-4H3,(H,22,24). The third kappa shape index (κ3) is 6.87. The van der Waals surface area contributed by atoms with Crippen LogP contribution in [0.15, 0.2) is 52.3 Å². The van der Waals surface area contributed by atoms with E-state index in [1.165, 1.54) is 27.8 Å². The fraction of sp³-hybridized carbons (Fsp3) is 0.333. The molecule has 6 heteroatoms. The molecule has 0 unspecified atom stereocenters. The first-order chi connectivity index (χ1) is 12.9. The molecule has 0 aromatic heterocycles. The van der Waals surface area contributed by atoms with Gasteiger partial charge in [0.25, 0.3) is 0 Å². The van der Waals surface area contributed by atoms with E-state index in [0.717, 1.165) is 28.0 Å². The lowest BCUT2D eigenvalue weighted by Crippen LogP contribution is -2.28. The van der Waals surface area contributed by atoms with Crippen molar-refractivity contribution in [3.8, 4) is 0 Å². The lowest BCUT2D eigenvalue weighted by atomic mass is 10.2. The van der Waals surface area contributed by atoms with Crippen molar-refractivity contribution in [1.29, 1.82) is 0 Å². The fourth-order valence-electron chi connectivity index (χ4n) is 2.45. The highest BCUT2D eigenvalue weighted by atomic mass is 32.2. The van der Waals surface area contributed by atoms with Gasteiger partial charge in [0.2, 0.25) is 5.91 Å². The Kier molecular flexibility index (Phi) is 8.67. The van der Waals surface area contributed by atoms with Gasteiger partial charge in [-0.2, -0.15) is 0 Å². The van der Waals surface area contributed by atoms with Crippen LogP contribution in [0.25, 0.3) is 0 Å². The summed E-state index contributed by atoms with van der Waals surface area (Å²) in [6, 6.07) is 14.4. The van der Waals surface area contributed by atoms with Crippen molar-refractivity contribution in [2.24, 2.45) is 0 Å². The molecule has 0 saturated heterocycles. The molecular weight excluding hydrogens is 392 g/mol. The maximum absolute atomic E-state index is 12.2. The van der Waals surface area contributed by atoms with Crippen LogP contribution in [0.1, 0.15) is 25.0 Å². The van der Waals surface area contributed by atoms with Gasteiger partial charge in [-0.15, -0.1) is 0 Å². The minimum absolute atomic E-state index is 0.0376. The molecule has 2 aromatic carbocycles. The largest absolute Gasteiger partial charge is 0.358 e. The number of carbonyl (C=O) groups excluding carboxylic acids is 1. The van der Waals surface area contributed by atoms with Crippen LogP contribution in [0.5, 0.6) is 0 Å². The summed E-state index contributed by atoms with van der Waals surface area (Å²) in [7, 11) is 0. The molecule has 0 aliphatic heterocycles. The van der Waals surface area contributed by atoms with Crippen LogP contribution in [0.4, 0.5) is 5.69 Å². The van der Waals surface area contributed by atoms with Gasteiger partial charge < -0.3 is 10.2 Å². The highest BCUT2D eigenvalue weighted by molar-refractivity contribution is 8.23. The maximum atomic E-state index is 12.2. The zero-order valence-corrected chi connectivity index (χ0v) is 18.7. The lowest BCUT2D eigenvalue weighted by Gasteiger charge is -2.20. The van der Waals surface area contributed by atoms with Crippen molar-refractivity contribution in [2.75, 3.05) is 24.2 Å². The second-order valence-electron chi connectivity index (χ2n) is 6.17. The van der Waals surface area contributed by atoms with E-state index in [9.17, 15) is 4.79 Å². The third-order valence-corrected chi connectivity index (χ3v) is 6.75. The van der Waals surface area contributed by atoms with Crippen molar-refractivity contribution in [3.63, 3.8) is 0 Å². The van der Waals surface area contributed by atoms with Crippen molar-refractivity contribution >= 4 is 51.7 Å². The summed E-state index contributed by atoms with van der Waals surface area (Å²) in [4.78, 5) is 16.6. The zero-order valence-electron chi connectivity index (χ0n) is 16.2. The molecule has 0 bridgehead atoms. The first-order valence-corrected chi connectivity index (χ1v) is 11.2. The molecule has 0 aliphatic carbocycles. The Balaban J connectivity index is 1.89. The third-order valence-electron chi connectivity index (χ3n) is 4.06. The highest BCUT2D eigenvalue weighted by Crippen LogP contribution is 2.31. The molecule has 1 N–H and O–H groups in total. The molecule has 0 saturated carbocycles. The van der Waals surface area contributed by atoms with Gasteiger partial charge in [-0.3, -0.25) is 4.79 Å². The molecule has 0 heterocycles. The predicted molar refractivity (Wildman–Crippen MR) is 123 cm³/mol. The van der Waals surface area contributed by atoms with Gasteiger partial charge in [0.15, 0.2) is 0 Å². The summed E-state index contributed by atoms with van der Waals surface area (Å²) in [5.74, 6) is 0.290. The van der Waals surface area contributed by atoms with E-state index < -0.39 is 0 Å². The first-order valence-electron chi connectivity index (χ1n) is 8.99. The number of carbonyl (C=O) groups is 1. The van der Waals surface area contributed by atoms with E-state index in [1.54, 1.807) is 11.8 Å². The minimum atomic E-state index is -0.0376. The Hall–Kier alpha value is -1.50. The van der Waals surface area contributed by atoms with Crippen LogP contribution in [0.3, 0.4) is 0 Å². The quantitative estimate of drug-likeness (QED) is 0.579. The van der Waals surface area contributed by atoms with E-state index >= 15 is 0 Å². The molecule has 0 aliphatic rings. The van der Waals surface area contributed by atoms with Gasteiger partial charge in [-0.25, -0.2) is 0 Å². The van der Waals surface area contributed by atoms with E-state index in [1.807, 2.05) is 24.3 Å². The van der Waals surface area contributed by atoms with E-state index in [4.69, 9.17) is 12.2 Å². The highest BCUT2D eigenvalue weighted by Gasteiger charge is 2.10. The normalized spacial score (nSPS) is 10.5. The minimum Gasteiger partial charge on any atom is -0.358 e.